The molecule has 0 bridgehead atoms. The van der Waals surface area contributed by atoms with Crippen molar-refractivity contribution in [1.29, 1.82) is 0 Å². The molecule has 2 aliphatic heterocycles. The van der Waals surface area contributed by atoms with E-state index in [2.05, 4.69) is 43.5 Å². The molecule has 14 nitrogen and oxygen atoms in total. The van der Waals surface area contributed by atoms with E-state index >= 15 is 0 Å². The summed E-state index contributed by atoms with van der Waals surface area (Å²) in [5.74, 6) is -0.248. The molecular formula is C65H121NO13. The van der Waals surface area contributed by atoms with Gasteiger partial charge in [-0.3, -0.25) is 4.79 Å². The number of ether oxygens (including phenoxy) is 4. The van der Waals surface area contributed by atoms with Gasteiger partial charge in [0.25, 0.3) is 0 Å². The Morgan fingerprint density at radius 1 is 0.443 bits per heavy atom. The standard InChI is InChI=1S/C65H121NO13/c1-3-5-7-9-11-13-15-17-19-21-23-25-26-27-29-31-33-35-37-39-41-43-45-47-49-57(70)66-53(54(69)48-46-44-42-40-38-36-34-32-30-28-24-22-20-18-16-14-12-10-8-6-4-2)52-76-64-62(75)60(73)63(56(51-68)78-64)79-65-61(74)59(72)58(71)55(50-67)77-65/h30,32,38,40,46,48,53-56,58-65,67-69,71-75H,3-29,31,33-37,39,41-45,47,49-52H2,1-2H3,(H,66,70)/b32-30+,40-38+,48-46+. The highest BCUT2D eigenvalue weighted by Gasteiger charge is 2.51. The molecule has 0 aliphatic carbocycles. The lowest BCUT2D eigenvalue weighted by Gasteiger charge is -2.46. The van der Waals surface area contributed by atoms with E-state index in [9.17, 15) is 45.6 Å². The molecule has 2 heterocycles. The lowest BCUT2D eigenvalue weighted by atomic mass is 9.97. The Labute approximate surface area is 481 Å². The van der Waals surface area contributed by atoms with Gasteiger partial charge in [-0.15, -0.1) is 0 Å². The molecule has 12 atom stereocenters. The maximum atomic E-state index is 13.3. The van der Waals surface area contributed by atoms with E-state index in [1.807, 2.05) is 6.08 Å². The zero-order chi connectivity index (χ0) is 57.4. The van der Waals surface area contributed by atoms with Gasteiger partial charge in [0, 0.05) is 6.42 Å². The first kappa shape index (κ1) is 73.3. The van der Waals surface area contributed by atoms with Crippen molar-refractivity contribution >= 4 is 5.91 Å². The molecule has 12 unspecified atom stereocenters. The minimum atomic E-state index is -1.79. The fourth-order valence-corrected chi connectivity index (χ4v) is 10.8. The Kier molecular flexibility index (Phi) is 47.0. The predicted octanol–water partition coefficient (Wildman–Crippen LogP) is 12.2. The van der Waals surface area contributed by atoms with Gasteiger partial charge in [0.05, 0.1) is 32.0 Å². The van der Waals surface area contributed by atoms with Gasteiger partial charge < -0.3 is 65.1 Å². The summed E-state index contributed by atoms with van der Waals surface area (Å²) < 4.78 is 22.8. The SMILES string of the molecule is CCCCCCCCCCCCC/C=C/CC/C=C/CC/C=C/C(O)C(COC1OC(CO)C(OC2OC(CO)C(O)C(O)C2O)C(O)C1O)NC(=O)CCCCCCCCCCCCCCCCCCCCCCCCCC. The van der Waals surface area contributed by atoms with E-state index in [1.165, 1.54) is 199 Å². The van der Waals surface area contributed by atoms with Crippen molar-refractivity contribution in [2.45, 2.75) is 351 Å². The second-order valence-electron chi connectivity index (χ2n) is 23.2. The van der Waals surface area contributed by atoms with Crippen LogP contribution in [-0.4, -0.2) is 140 Å². The smallest absolute Gasteiger partial charge is 0.220 e. The van der Waals surface area contributed by atoms with E-state index in [1.54, 1.807) is 6.08 Å². The number of aliphatic hydroxyl groups excluding tert-OH is 8. The third kappa shape index (κ3) is 35.8. The van der Waals surface area contributed by atoms with Crippen LogP contribution in [0.1, 0.15) is 277 Å². The molecule has 0 saturated carbocycles. The van der Waals surface area contributed by atoms with E-state index in [-0.39, 0.29) is 18.9 Å². The van der Waals surface area contributed by atoms with Gasteiger partial charge in [0.15, 0.2) is 12.6 Å². The first-order valence-electron chi connectivity index (χ1n) is 32.7. The van der Waals surface area contributed by atoms with Gasteiger partial charge in [-0.05, 0) is 44.9 Å². The second-order valence-corrected chi connectivity index (χ2v) is 23.2. The van der Waals surface area contributed by atoms with Crippen molar-refractivity contribution in [3.8, 4) is 0 Å². The van der Waals surface area contributed by atoms with Crippen LogP contribution in [0.3, 0.4) is 0 Å². The maximum Gasteiger partial charge on any atom is 0.220 e. The van der Waals surface area contributed by atoms with Gasteiger partial charge in [-0.2, -0.15) is 0 Å². The Bertz CT molecular complexity index is 1460. The Balaban J connectivity index is 1.74. The van der Waals surface area contributed by atoms with Gasteiger partial charge in [0.1, 0.15) is 48.8 Å². The molecule has 2 saturated heterocycles. The summed E-state index contributed by atoms with van der Waals surface area (Å²) in [5, 5.41) is 87.2. The van der Waals surface area contributed by atoms with Crippen LogP contribution in [0.25, 0.3) is 0 Å². The number of aliphatic hydroxyl groups is 8. The van der Waals surface area contributed by atoms with Crippen molar-refractivity contribution in [1.82, 2.24) is 5.32 Å². The van der Waals surface area contributed by atoms with Crippen LogP contribution in [0.15, 0.2) is 36.5 Å². The van der Waals surface area contributed by atoms with Crippen molar-refractivity contribution in [2.75, 3.05) is 19.8 Å². The summed E-state index contributed by atoms with van der Waals surface area (Å²) >= 11 is 0. The predicted molar refractivity (Wildman–Crippen MR) is 318 cm³/mol. The fraction of sp³-hybridized carbons (Fsp3) is 0.892. The molecule has 2 aliphatic rings. The number of hydrogen-bond donors (Lipinski definition) is 9. The van der Waals surface area contributed by atoms with Crippen LogP contribution in [0.2, 0.25) is 0 Å². The number of carbonyl (C=O) groups excluding carboxylic acids is 1. The van der Waals surface area contributed by atoms with Crippen molar-refractivity contribution in [3.63, 3.8) is 0 Å². The third-order valence-corrected chi connectivity index (χ3v) is 16.1. The monoisotopic (exact) mass is 1120 g/mol. The minimum absolute atomic E-state index is 0.248. The average Bonchev–Trinajstić information content (AvgIpc) is 3.48. The quantitative estimate of drug-likeness (QED) is 0.0204. The van der Waals surface area contributed by atoms with Gasteiger partial charge in [-0.1, -0.05) is 262 Å². The second kappa shape index (κ2) is 50.7. The number of unbranched alkanes of at least 4 members (excludes halogenated alkanes) is 36. The Morgan fingerprint density at radius 3 is 1.24 bits per heavy atom. The molecular weight excluding hydrogens is 1000 g/mol. The number of rotatable bonds is 53. The number of hydrogen-bond acceptors (Lipinski definition) is 13. The zero-order valence-electron chi connectivity index (χ0n) is 50.1. The lowest BCUT2D eigenvalue weighted by molar-refractivity contribution is -0.359. The van der Waals surface area contributed by atoms with E-state index < -0.39 is 86.8 Å². The van der Waals surface area contributed by atoms with Crippen LogP contribution < -0.4 is 5.32 Å². The zero-order valence-corrected chi connectivity index (χ0v) is 50.1. The molecule has 0 aromatic rings. The van der Waals surface area contributed by atoms with Crippen molar-refractivity contribution in [2.24, 2.45) is 0 Å². The molecule has 0 aromatic carbocycles. The summed E-state index contributed by atoms with van der Waals surface area (Å²) in [6.45, 7) is 2.81. The van der Waals surface area contributed by atoms with Gasteiger partial charge in [0.2, 0.25) is 5.91 Å². The molecule has 0 aromatic heterocycles. The minimum Gasteiger partial charge on any atom is -0.394 e. The Morgan fingerprint density at radius 2 is 0.810 bits per heavy atom. The van der Waals surface area contributed by atoms with Crippen LogP contribution >= 0.6 is 0 Å². The summed E-state index contributed by atoms with van der Waals surface area (Å²) in [6.07, 6.45) is 46.2. The molecule has 9 N–H and O–H groups in total. The molecule has 79 heavy (non-hydrogen) atoms. The first-order valence-corrected chi connectivity index (χ1v) is 32.7. The topological polar surface area (TPSA) is 228 Å². The highest BCUT2D eigenvalue weighted by molar-refractivity contribution is 5.76. The van der Waals surface area contributed by atoms with Crippen LogP contribution in [0, 0.1) is 0 Å². The van der Waals surface area contributed by atoms with Crippen LogP contribution in [0.5, 0.6) is 0 Å². The normalized spacial score (nSPS) is 24.6. The molecule has 2 rings (SSSR count). The third-order valence-electron chi connectivity index (χ3n) is 16.1. The molecule has 0 spiro atoms. The summed E-state index contributed by atoms with van der Waals surface area (Å²) in [6, 6.07) is -0.936. The lowest BCUT2D eigenvalue weighted by Crippen LogP contribution is -2.65. The van der Waals surface area contributed by atoms with E-state index in [0.29, 0.717) is 12.8 Å². The fourth-order valence-electron chi connectivity index (χ4n) is 10.8. The molecule has 1 amide bonds. The van der Waals surface area contributed by atoms with E-state index in [0.717, 1.165) is 44.9 Å². The highest BCUT2D eigenvalue weighted by Crippen LogP contribution is 2.30. The number of amides is 1. The van der Waals surface area contributed by atoms with Crippen LogP contribution in [0.4, 0.5) is 0 Å². The van der Waals surface area contributed by atoms with Gasteiger partial charge >= 0.3 is 0 Å². The molecule has 2 fully saturated rings. The molecule has 464 valence electrons. The van der Waals surface area contributed by atoms with Crippen molar-refractivity contribution in [3.05, 3.63) is 36.5 Å². The maximum absolute atomic E-state index is 13.3. The summed E-state index contributed by atoms with van der Waals surface area (Å²) in [4.78, 5) is 13.3. The largest absolute Gasteiger partial charge is 0.394 e. The van der Waals surface area contributed by atoms with E-state index in [4.69, 9.17) is 18.9 Å². The molecule has 14 heteroatoms. The highest BCUT2D eigenvalue weighted by atomic mass is 16.7. The first-order chi connectivity index (χ1) is 38.6. The number of carbonyl (C=O) groups is 1. The number of nitrogens with one attached hydrogen (secondary N) is 1. The van der Waals surface area contributed by atoms with Crippen molar-refractivity contribution < 1.29 is 64.6 Å². The van der Waals surface area contributed by atoms with Crippen LogP contribution in [-0.2, 0) is 23.7 Å². The van der Waals surface area contributed by atoms with Gasteiger partial charge in [-0.25, -0.2) is 0 Å². The number of allylic oxidation sites excluding steroid dienone is 5. The summed E-state index contributed by atoms with van der Waals surface area (Å²) in [5.41, 5.74) is 0. The average molecular weight is 1120 g/mol. The molecule has 0 radical (unpaired) electrons. The Hall–Kier alpha value is -1.79. The summed E-state index contributed by atoms with van der Waals surface area (Å²) in [7, 11) is 0.